The summed E-state index contributed by atoms with van der Waals surface area (Å²) in [5.74, 6) is 0.129. The topological polar surface area (TPSA) is 52.6 Å². The molecule has 1 heterocycles. The quantitative estimate of drug-likeness (QED) is 0.481. The zero-order chi connectivity index (χ0) is 17.6. The fraction of sp³-hybridized carbons (Fsp3) is 0.200. The number of carbonyl (C=O) groups is 2. The number of fused-ring (bicyclic) bond motifs is 1. The minimum Gasteiger partial charge on any atom is -0.452 e. The van der Waals surface area contributed by atoms with E-state index in [-0.39, 0.29) is 29.2 Å². The summed E-state index contributed by atoms with van der Waals surface area (Å²) in [4.78, 5) is 24.3. The Labute approximate surface area is 143 Å². The molecular weight excluding hydrogens is 323 g/mol. The third-order valence-corrected chi connectivity index (χ3v) is 4.33. The summed E-state index contributed by atoms with van der Waals surface area (Å²) in [6, 6.07) is 9.00. The maximum absolute atomic E-state index is 13.0. The maximum Gasteiger partial charge on any atom is 0.314 e. The summed E-state index contributed by atoms with van der Waals surface area (Å²) in [5, 5.41) is 0. The van der Waals surface area contributed by atoms with Crippen molar-refractivity contribution in [2.45, 2.75) is 19.8 Å². The number of hydrogen-bond acceptors (Lipinski definition) is 4. The van der Waals surface area contributed by atoms with Gasteiger partial charge < -0.3 is 9.47 Å². The van der Waals surface area contributed by atoms with Crippen molar-refractivity contribution in [3.63, 3.8) is 0 Å². The number of allylic oxidation sites excluding steroid dienone is 1. The van der Waals surface area contributed by atoms with Crippen molar-refractivity contribution < 1.29 is 23.5 Å². The number of Topliss-reactive ketones (excluding diaryl/α,β-unsaturated/α-hetero) is 1. The van der Waals surface area contributed by atoms with E-state index in [2.05, 4.69) is 0 Å². The molecule has 0 amide bonds. The molecule has 1 saturated carbocycles. The third-order valence-electron chi connectivity index (χ3n) is 4.33. The van der Waals surface area contributed by atoms with E-state index in [9.17, 15) is 14.0 Å². The fourth-order valence-electron chi connectivity index (χ4n) is 2.70. The molecule has 0 aromatic heterocycles. The van der Waals surface area contributed by atoms with Crippen LogP contribution in [-0.2, 0) is 4.79 Å². The normalized spacial score (nSPS) is 17.4. The van der Waals surface area contributed by atoms with Crippen LogP contribution in [0.4, 0.5) is 4.39 Å². The number of carbonyl (C=O) groups excluding carboxylic acids is 2. The van der Waals surface area contributed by atoms with Crippen molar-refractivity contribution in [2.24, 2.45) is 5.92 Å². The van der Waals surface area contributed by atoms with Crippen LogP contribution >= 0.6 is 0 Å². The number of rotatable bonds is 3. The van der Waals surface area contributed by atoms with Gasteiger partial charge in [0.25, 0.3) is 0 Å². The SMILES string of the molecule is Cc1c(OC(=O)C2CC2)ccc2c1O/C(=C\c1ccc(F)cc1)C2=O. The lowest BCUT2D eigenvalue weighted by Crippen LogP contribution is -2.10. The van der Waals surface area contributed by atoms with Gasteiger partial charge in [-0.05, 0) is 55.7 Å². The van der Waals surface area contributed by atoms with Gasteiger partial charge in [-0.2, -0.15) is 0 Å². The van der Waals surface area contributed by atoms with E-state index < -0.39 is 0 Å². The third kappa shape index (κ3) is 2.93. The van der Waals surface area contributed by atoms with Crippen molar-refractivity contribution in [3.8, 4) is 11.5 Å². The summed E-state index contributed by atoms with van der Waals surface area (Å²) in [6.07, 6.45) is 3.29. The van der Waals surface area contributed by atoms with Crippen LogP contribution in [0.2, 0.25) is 0 Å². The highest BCUT2D eigenvalue weighted by Gasteiger charge is 2.34. The molecule has 4 nitrogen and oxygen atoms in total. The van der Waals surface area contributed by atoms with Crippen LogP contribution in [0.3, 0.4) is 0 Å². The molecule has 2 aliphatic rings. The highest BCUT2D eigenvalue weighted by atomic mass is 19.1. The lowest BCUT2D eigenvalue weighted by atomic mass is 10.1. The Morgan fingerprint density at radius 3 is 2.60 bits per heavy atom. The highest BCUT2D eigenvalue weighted by molar-refractivity contribution is 6.15. The van der Waals surface area contributed by atoms with Crippen molar-refractivity contribution in [3.05, 3.63) is 64.7 Å². The molecule has 0 atom stereocenters. The van der Waals surface area contributed by atoms with Gasteiger partial charge in [-0.25, -0.2) is 4.39 Å². The first kappa shape index (κ1) is 15.6. The molecule has 2 aromatic rings. The summed E-state index contributed by atoms with van der Waals surface area (Å²) >= 11 is 0. The Hall–Kier alpha value is -2.95. The number of halogens is 1. The molecule has 0 spiro atoms. The summed E-state index contributed by atoms with van der Waals surface area (Å²) < 4.78 is 24.1. The Bertz CT molecular complexity index is 908. The van der Waals surface area contributed by atoms with E-state index >= 15 is 0 Å². The van der Waals surface area contributed by atoms with Crippen LogP contribution in [0.5, 0.6) is 11.5 Å². The summed E-state index contributed by atoms with van der Waals surface area (Å²) in [7, 11) is 0. The average Bonchev–Trinajstić information content (AvgIpc) is 3.39. The lowest BCUT2D eigenvalue weighted by Gasteiger charge is -2.09. The van der Waals surface area contributed by atoms with Gasteiger partial charge in [0.1, 0.15) is 17.3 Å². The van der Waals surface area contributed by atoms with E-state index in [4.69, 9.17) is 9.47 Å². The summed E-state index contributed by atoms with van der Waals surface area (Å²) in [6.45, 7) is 1.75. The first-order chi connectivity index (χ1) is 12.0. The Morgan fingerprint density at radius 1 is 1.20 bits per heavy atom. The molecule has 0 bridgehead atoms. The van der Waals surface area contributed by atoms with Crippen molar-refractivity contribution in [2.75, 3.05) is 0 Å². The molecule has 0 radical (unpaired) electrons. The number of benzene rings is 2. The molecular formula is C20H15FO4. The molecule has 1 aliphatic carbocycles. The lowest BCUT2D eigenvalue weighted by molar-refractivity contribution is -0.135. The summed E-state index contributed by atoms with van der Waals surface area (Å²) in [5.41, 5.74) is 1.70. The zero-order valence-electron chi connectivity index (χ0n) is 13.5. The smallest absolute Gasteiger partial charge is 0.314 e. The van der Waals surface area contributed by atoms with Gasteiger partial charge in [-0.1, -0.05) is 12.1 Å². The van der Waals surface area contributed by atoms with Crippen molar-refractivity contribution in [1.82, 2.24) is 0 Å². The predicted octanol–water partition coefficient (Wildman–Crippen LogP) is 4.07. The van der Waals surface area contributed by atoms with Gasteiger partial charge in [0.15, 0.2) is 5.76 Å². The van der Waals surface area contributed by atoms with Gasteiger partial charge >= 0.3 is 5.97 Å². The first-order valence-corrected chi connectivity index (χ1v) is 8.08. The predicted molar refractivity (Wildman–Crippen MR) is 88.9 cm³/mol. The molecule has 0 saturated heterocycles. The second-order valence-corrected chi connectivity index (χ2v) is 6.25. The maximum atomic E-state index is 13.0. The van der Waals surface area contributed by atoms with E-state index in [1.807, 2.05) is 0 Å². The molecule has 4 rings (SSSR count). The molecule has 1 aliphatic heterocycles. The van der Waals surface area contributed by atoms with Gasteiger partial charge in [0.2, 0.25) is 5.78 Å². The second kappa shape index (κ2) is 5.84. The average molecular weight is 338 g/mol. The molecule has 0 N–H and O–H groups in total. The molecule has 25 heavy (non-hydrogen) atoms. The molecule has 5 heteroatoms. The van der Waals surface area contributed by atoms with E-state index in [1.54, 1.807) is 37.3 Å². The minimum absolute atomic E-state index is 0.0101. The number of esters is 1. The van der Waals surface area contributed by atoms with Crippen LogP contribution in [0.1, 0.15) is 34.3 Å². The second-order valence-electron chi connectivity index (χ2n) is 6.25. The van der Waals surface area contributed by atoms with E-state index in [0.29, 0.717) is 28.2 Å². The zero-order valence-corrected chi connectivity index (χ0v) is 13.5. The standard InChI is InChI=1S/C20H15FO4/c1-11-16(25-20(23)13-4-5-13)9-8-15-18(22)17(24-19(11)15)10-12-2-6-14(21)7-3-12/h2-3,6-10,13H,4-5H2,1H3/b17-10-. The molecule has 1 fully saturated rings. The Kier molecular flexibility index (Phi) is 3.64. The largest absolute Gasteiger partial charge is 0.452 e. The van der Waals surface area contributed by atoms with E-state index in [1.165, 1.54) is 12.1 Å². The molecule has 126 valence electrons. The van der Waals surface area contributed by atoms with Crippen LogP contribution in [-0.4, -0.2) is 11.8 Å². The molecule has 0 unspecified atom stereocenters. The van der Waals surface area contributed by atoms with Crippen LogP contribution in [0.25, 0.3) is 6.08 Å². The van der Waals surface area contributed by atoms with Crippen LogP contribution in [0, 0.1) is 18.7 Å². The Balaban J connectivity index is 1.63. The number of hydrogen-bond donors (Lipinski definition) is 0. The van der Waals surface area contributed by atoms with Crippen molar-refractivity contribution in [1.29, 1.82) is 0 Å². The van der Waals surface area contributed by atoms with Gasteiger partial charge in [-0.3, -0.25) is 9.59 Å². The Morgan fingerprint density at radius 2 is 1.92 bits per heavy atom. The van der Waals surface area contributed by atoms with Crippen LogP contribution in [0.15, 0.2) is 42.2 Å². The number of ketones is 1. The minimum atomic E-state index is -0.345. The van der Waals surface area contributed by atoms with Gasteiger partial charge in [0.05, 0.1) is 11.5 Å². The fourth-order valence-corrected chi connectivity index (χ4v) is 2.70. The highest BCUT2D eigenvalue weighted by Crippen LogP contribution is 2.40. The number of ether oxygens (including phenoxy) is 2. The van der Waals surface area contributed by atoms with Crippen LogP contribution < -0.4 is 9.47 Å². The molecule has 2 aromatic carbocycles. The van der Waals surface area contributed by atoms with Crippen molar-refractivity contribution >= 4 is 17.8 Å². The van der Waals surface area contributed by atoms with E-state index in [0.717, 1.165) is 12.8 Å². The van der Waals surface area contributed by atoms with Gasteiger partial charge in [0, 0.05) is 5.56 Å². The monoisotopic (exact) mass is 338 g/mol. The first-order valence-electron chi connectivity index (χ1n) is 8.08. The van der Waals surface area contributed by atoms with Gasteiger partial charge in [-0.15, -0.1) is 0 Å².